The molecule has 0 aliphatic rings. The molecule has 0 amide bonds. The highest BCUT2D eigenvalue weighted by molar-refractivity contribution is 14.1. The van der Waals surface area contributed by atoms with Crippen molar-refractivity contribution in [2.75, 3.05) is 6.61 Å². The van der Waals surface area contributed by atoms with Crippen molar-refractivity contribution >= 4 is 44.5 Å². The maximum atomic E-state index is 12.5. The summed E-state index contributed by atoms with van der Waals surface area (Å²) in [4.78, 5) is 15.0. The van der Waals surface area contributed by atoms with Gasteiger partial charge in [-0.1, -0.05) is 0 Å². The largest absolute Gasteiger partial charge is 0.462 e. The number of carbonyl (C=O) groups excluding carboxylic acids is 1. The first-order valence-electron chi connectivity index (χ1n) is 4.28. The number of ether oxygens (including phenoxy) is 1. The monoisotopic (exact) mass is 405 g/mol. The average Bonchev–Trinajstić information content (AvgIpc) is 2.21. The van der Waals surface area contributed by atoms with Crippen LogP contribution in [0.15, 0.2) is 10.7 Å². The molecule has 0 radical (unpaired) electrons. The Kier molecular flexibility index (Phi) is 5.03. The van der Waals surface area contributed by atoms with Crippen LogP contribution in [0.25, 0.3) is 0 Å². The van der Waals surface area contributed by atoms with Gasteiger partial charge in [0, 0.05) is 9.77 Å². The van der Waals surface area contributed by atoms with Gasteiger partial charge in [0.05, 0.1) is 16.6 Å². The molecule has 1 heterocycles. The SMILES string of the molecule is CCOC(=O)c1cnc(C(F)F)c(Br)c1I. The number of hydrogen-bond donors (Lipinski definition) is 0. The molecule has 0 aliphatic heterocycles. The summed E-state index contributed by atoms with van der Waals surface area (Å²) < 4.78 is 30.2. The highest BCUT2D eigenvalue weighted by atomic mass is 127. The second kappa shape index (κ2) is 5.85. The first-order chi connectivity index (χ1) is 7.49. The van der Waals surface area contributed by atoms with E-state index in [2.05, 4.69) is 20.9 Å². The van der Waals surface area contributed by atoms with Gasteiger partial charge in [-0.3, -0.25) is 4.98 Å². The Morgan fingerprint density at radius 3 is 2.81 bits per heavy atom. The summed E-state index contributed by atoms with van der Waals surface area (Å²) in [5.41, 5.74) is -0.198. The zero-order valence-corrected chi connectivity index (χ0v) is 11.9. The van der Waals surface area contributed by atoms with Crippen LogP contribution < -0.4 is 0 Å². The summed E-state index contributed by atoms with van der Waals surface area (Å²) in [6, 6.07) is 0. The summed E-state index contributed by atoms with van der Waals surface area (Å²) >= 11 is 4.79. The van der Waals surface area contributed by atoms with Crippen molar-refractivity contribution in [3.63, 3.8) is 0 Å². The highest BCUT2D eigenvalue weighted by Gasteiger charge is 2.21. The Bertz CT molecular complexity index is 415. The van der Waals surface area contributed by atoms with Crippen molar-refractivity contribution in [3.8, 4) is 0 Å². The summed E-state index contributed by atoms with van der Waals surface area (Å²) in [7, 11) is 0. The third kappa shape index (κ3) is 2.88. The van der Waals surface area contributed by atoms with Gasteiger partial charge in [-0.05, 0) is 45.4 Å². The van der Waals surface area contributed by atoms with Crippen molar-refractivity contribution < 1.29 is 18.3 Å². The number of halogens is 4. The molecule has 0 aliphatic carbocycles. The predicted octanol–water partition coefficient (Wildman–Crippen LogP) is 3.56. The number of aromatic nitrogens is 1. The Labute approximate surface area is 113 Å². The maximum Gasteiger partial charge on any atom is 0.340 e. The third-order valence-corrected chi connectivity index (χ3v) is 4.35. The number of rotatable bonds is 3. The minimum atomic E-state index is -2.68. The minimum Gasteiger partial charge on any atom is -0.462 e. The minimum absolute atomic E-state index is 0.133. The van der Waals surface area contributed by atoms with Gasteiger partial charge in [0.2, 0.25) is 0 Å². The number of hydrogen-bond acceptors (Lipinski definition) is 3. The van der Waals surface area contributed by atoms with Crippen LogP contribution in [0.4, 0.5) is 8.78 Å². The molecule has 0 unspecified atom stereocenters. The number of alkyl halides is 2. The molecule has 88 valence electrons. The van der Waals surface area contributed by atoms with E-state index < -0.39 is 12.4 Å². The fourth-order valence-corrected chi connectivity index (χ4v) is 2.11. The third-order valence-electron chi connectivity index (χ3n) is 1.69. The summed E-state index contributed by atoms with van der Waals surface area (Å²) in [6.07, 6.45) is -1.58. The predicted molar refractivity (Wildman–Crippen MR) is 65.6 cm³/mol. The van der Waals surface area contributed by atoms with Crippen LogP contribution in [0, 0.1) is 3.57 Å². The van der Waals surface area contributed by atoms with Crippen LogP contribution >= 0.6 is 38.5 Å². The standard InChI is InChI=1S/C9H7BrF2INO2/c1-2-16-9(15)4-3-14-7(8(11)12)5(10)6(4)13/h3,8H,2H2,1H3. The molecule has 0 aromatic carbocycles. The van der Waals surface area contributed by atoms with Gasteiger partial charge in [-0.15, -0.1) is 0 Å². The van der Waals surface area contributed by atoms with Crippen LogP contribution in [-0.4, -0.2) is 17.6 Å². The maximum absolute atomic E-state index is 12.5. The molecule has 0 atom stereocenters. The number of esters is 1. The van der Waals surface area contributed by atoms with Crippen LogP contribution in [0.3, 0.4) is 0 Å². The zero-order valence-electron chi connectivity index (χ0n) is 8.14. The average molecular weight is 406 g/mol. The van der Waals surface area contributed by atoms with Gasteiger partial charge in [-0.25, -0.2) is 13.6 Å². The van der Waals surface area contributed by atoms with Gasteiger partial charge < -0.3 is 4.74 Å². The molecule has 3 nitrogen and oxygen atoms in total. The van der Waals surface area contributed by atoms with Crippen molar-refractivity contribution in [2.45, 2.75) is 13.3 Å². The molecule has 16 heavy (non-hydrogen) atoms. The fraction of sp³-hybridized carbons (Fsp3) is 0.333. The topological polar surface area (TPSA) is 39.2 Å². The van der Waals surface area contributed by atoms with Crippen LogP contribution in [-0.2, 0) is 4.74 Å². The van der Waals surface area contributed by atoms with E-state index >= 15 is 0 Å². The molecule has 0 saturated heterocycles. The molecular formula is C9H7BrF2INO2. The van der Waals surface area contributed by atoms with Crippen molar-refractivity contribution in [3.05, 3.63) is 25.5 Å². The van der Waals surface area contributed by atoms with Crippen molar-refractivity contribution in [1.29, 1.82) is 0 Å². The number of carbonyl (C=O) groups is 1. The highest BCUT2D eigenvalue weighted by Crippen LogP contribution is 2.31. The van der Waals surface area contributed by atoms with Gasteiger partial charge >= 0.3 is 5.97 Å². The molecule has 1 aromatic rings. The van der Waals surface area contributed by atoms with E-state index in [9.17, 15) is 13.6 Å². The Morgan fingerprint density at radius 2 is 2.31 bits per heavy atom. The van der Waals surface area contributed by atoms with Gasteiger partial charge in [0.1, 0.15) is 5.69 Å². The van der Waals surface area contributed by atoms with Gasteiger partial charge in [0.25, 0.3) is 6.43 Å². The lowest BCUT2D eigenvalue weighted by atomic mass is 10.2. The molecule has 0 spiro atoms. The Morgan fingerprint density at radius 1 is 1.69 bits per heavy atom. The van der Waals surface area contributed by atoms with E-state index in [-0.39, 0.29) is 22.3 Å². The molecule has 0 N–H and O–H groups in total. The van der Waals surface area contributed by atoms with Crippen molar-refractivity contribution in [2.24, 2.45) is 0 Å². The first-order valence-corrected chi connectivity index (χ1v) is 6.15. The van der Waals surface area contributed by atoms with Crippen LogP contribution in [0.5, 0.6) is 0 Å². The second-order valence-electron chi connectivity index (χ2n) is 2.71. The second-order valence-corrected chi connectivity index (χ2v) is 4.58. The normalized spacial score (nSPS) is 10.6. The van der Waals surface area contributed by atoms with E-state index in [1.54, 1.807) is 29.5 Å². The summed E-state index contributed by atoms with van der Waals surface area (Å²) in [5, 5.41) is 0. The van der Waals surface area contributed by atoms with Crippen LogP contribution in [0.2, 0.25) is 0 Å². The first kappa shape index (κ1) is 13.8. The molecule has 0 bridgehead atoms. The summed E-state index contributed by atoms with van der Waals surface area (Å²) in [6.45, 7) is 1.89. The molecule has 0 fully saturated rings. The van der Waals surface area contributed by atoms with E-state index in [0.29, 0.717) is 3.57 Å². The fourth-order valence-electron chi connectivity index (χ4n) is 0.981. The molecule has 1 aromatic heterocycles. The van der Waals surface area contributed by atoms with E-state index in [0.717, 1.165) is 6.20 Å². The van der Waals surface area contributed by atoms with Crippen LogP contribution in [0.1, 0.15) is 29.4 Å². The number of nitrogens with zero attached hydrogens (tertiary/aromatic N) is 1. The smallest absolute Gasteiger partial charge is 0.340 e. The summed E-state index contributed by atoms with van der Waals surface area (Å²) in [5.74, 6) is -0.569. The molecular weight excluding hydrogens is 399 g/mol. The van der Waals surface area contributed by atoms with Gasteiger partial charge in [-0.2, -0.15) is 0 Å². The number of pyridine rings is 1. The molecule has 0 saturated carbocycles. The van der Waals surface area contributed by atoms with Gasteiger partial charge in [0.15, 0.2) is 0 Å². The van der Waals surface area contributed by atoms with E-state index in [1.807, 2.05) is 0 Å². The lowest BCUT2D eigenvalue weighted by Crippen LogP contribution is -2.09. The lowest BCUT2D eigenvalue weighted by Gasteiger charge is -2.08. The van der Waals surface area contributed by atoms with E-state index in [1.165, 1.54) is 0 Å². The van der Waals surface area contributed by atoms with E-state index in [4.69, 9.17) is 4.74 Å². The van der Waals surface area contributed by atoms with Crippen molar-refractivity contribution in [1.82, 2.24) is 4.98 Å². The molecule has 7 heteroatoms. The zero-order chi connectivity index (χ0) is 12.3. The Hall–Kier alpha value is -0.310. The molecule has 1 rings (SSSR count). The quantitative estimate of drug-likeness (QED) is 0.570. The lowest BCUT2D eigenvalue weighted by molar-refractivity contribution is 0.0523. The Balaban J connectivity index is 3.16.